The third-order valence-electron chi connectivity index (χ3n) is 3.93. The van der Waals surface area contributed by atoms with Crippen LogP contribution in [0.3, 0.4) is 0 Å². The van der Waals surface area contributed by atoms with Crippen molar-refractivity contribution in [2.75, 3.05) is 11.9 Å². The molecule has 0 bridgehead atoms. The maximum absolute atomic E-state index is 13.0. The standard InChI is InChI=1S/C16H16FN5O/c17-11-4-6-12(7-5-11)21-15-14-16(19-9-18-15)22(10-20-14)13-3-1-2-8-23-13/h4-7,9-10,13H,1-3,8H2,(H,18,19,21). The minimum Gasteiger partial charge on any atom is -0.358 e. The fourth-order valence-electron chi connectivity index (χ4n) is 2.77. The lowest BCUT2D eigenvalue weighted by Gasteiger charge is -2.23. The van der Waals surface area contributed by atoms with Crippen LogP contribution in [0.15, 0.2) is 36.9 Å². The molecule has 1 atom stereocenters. The topological polar surface area (TPSA) is 64.9 Å². The number of nitrogens with zero attached hydrogens (tertiary/aromatic N) is 4. The highest BCUT2D eigenvalue weighted by molar-refractivity contribution is 5.85. The van der Waals surface area contributed by atoms with Gasteiger partial charge in [0.2, 0.25) is 0 Å². The van der Waals surface area contributed by atoms with Crippen LogP contribution in [-0.4, -0.2) is 26.1 Å². The van der Waals surface area contributed by atoms with E-state index in [-0.39, 0.29) is 12.0 Å². The first-order valence-corrected chi connectivity index (χ1v) is 7.63. The van der Waals surface area contributed by atoms with Crippen LogP contribution in [0.4, 0.5) is 15.9 Å². The van der Waals surface area contributed by atoms with Crippen LogP contribution in [0.2, 0.25) is 0 Å². The lowest BCUT2D eigenvalue weighted by Crippen LogP contribution is -2.17. The number of benzene rings is 1. The van der Waals surface area contributed by atoms with Crippen molar-refractivity contribution in [3.05, 3.63) is 42.7 Å². The van der Waals surface area contributed by atoms with Gasteiger partial charge in [0.25, 0.3) is 0 Å². The van der Waals surface area contributed by atoms with E-state index in [1.807, 2.05) is 4.57 Å². The SMILES string of the molecule is Fc1ccc(Nc2ncnc3c2ncn3C2CCCCO2)cc1. The average molecular weight is 313 g/mol. The largest absolute Gasteiger partial charge is 0.358 e. The molecule has 1 fully saturated rings. The molecule has 0 saturated carbocycles. The van der Waals surface area contributed by atoms with E-state index in [0.717, 1.165) is 37.2 Å². The fourth-order valence-corrected chi connectivity index (χ4v) is 2.77. The van der Waals surface area contributed by atoms with Crippen molar-refractivity contribution in [1.82, 2.24) is 19.5 Å². The van der Waals surface area contributed by atoms with Gasteiger partial charge in [-0.05, 0) is 43.5 Å². The van der Waals surface area contributed by atoms with Gasteiger partial charge in [-0.3, -0.25) is 4.57 Å². The molecule has 1 aliphatic rings. The molecule has 3 aromatic rings. The van der Waals surface area contributed by atoms with Gasteiger partial charge in [0.05, 0.1) is 6.33 Å². The van der Waals surface area contributed by atoms with Gasteiger partial charge in [0.15, 0.2) is 17.0 Å². The summed E-state index contributed by atoms with van der Waals surface area (Å²) in [6.07, 6.45) is 6.39. The Morgan fingerprint density at radius 3 is 2.78 bits per heavy atom. The van der Waals surface area contributed by atoms with Gasteiger partial charge >= 0.3 is 0 Å². The van der Waals surface area contributed by atoms with Gasteiger partial charge in [-0.2, -0.15) is 0 Å². The Morgan fingerprint density at radius 2 is 2.00 bits per heavy atom. The number of rotatable bonds is 3. The Bertz CT molecular complexity index is 811. The minimum absolute atomic E-state index is 0.0256. The third kappa shape index (κ3) is 2.75. The summed E-state index contributed by atoms with van der Waals surface area (Å²) in [5.41, 5.74) is 2.15. The van der Waals surface area contributed by atoms with Gasteiger partial charge in [-0.25, -0.2) is 19.3 Å². The Hall–Kier alpha value is -2.54. The first-order valence-electron chi connectivity index (χ1n) is 7.63. The van der Waals surface area contributed by atoms with Crippen LogP contribution in [0.1, 0.15) is 25.5 Å². The smallest absolute Gasteiger partial charge is 0.167 e. The van der Waals surface area contributed by atoms with E-state index < -0.39 is 0 Å². The minimum atomic E-state index is -0.276. The quantitative estimate of drug-likeness (QED) is 0.803. The number of anilines is 2. The molecule has 2 aromatic heterocycles. The molecule has 1 saturated heterocycles. The van der Waals surface area contributed by atoms with Crippen LogP contribution in [0.5, 0.6) is 0 Å². The van der Waals surface area contributed by atoms with E-state index >= 15 is 0 Å². The molecule has 1 N–H and O–H groups in total. The highest BCUT2D eigenvalue weighted by atomic mass is 19.1. The average Bonchev–Trinajstić information content (AvgIpc) is 3.03. The molecule has 0 spiro atoms. The van der Waals surface area contributed by atoms with Crippen LogP contribution >= 0.6 is 0 Å². The number of hydrogen-bond acceptors (Lipinski definition) is 5. The molecule has 7 heteroatoms. The molecule has 23 heavy (non-hydrogen) atoms. The zero-order chi connectivity index (χ0) is 15.6. The summed E-state index contributed by atoms with van der Waals surface area (Å²) in [4.78, 5) is 13.0. The van der Waals surface area contributed by atoms with Gasteiger partial charge in [0.1, 0.15) is 18.4 Å². The van der Waals surface area contributed by atoms with E-state index in [1.165, 1.54) is 18.5 Å². The summed E-state index contributed by atoms with van der Waals surface area (Å²) in [5, 5.41) is 3.16. The van der Waals surface area contributed by atoms with E-state index in [9.17, 15) is 4.39 Å². The van der Waals surface area contributed by atoms with E-state index in [0.29, 0.717) is 11.3 Å². The number of ether oxygens (including phenoxy) is 1. The van der Waals surface area contributed by atoms with Crippen molar-refractivity contribution in [3.8, 4) is 0 Å². The number of hydrogen-bond donors (Lipinski definition) is 1. The van der Waals surface area contributed by atoms with Gasteiger partial charge in [-0.1, -0.05) is 0 Å². The zero-order valence-electron chi connectivity index (χ0n) is 12.4. The molecule has 0 aliphatic carbocycles. The Labute approximate surface area is 132 Å². The van der Waals surface area contributed by atoms with Crippen molar-refractivity contribution in [2.24, 2.45) is 0 Å². The third-order valence-corrected chi connectivity index (χ3v) is 3.93. The summed E-state index contributed by atoms with van der Waals surface area (Å²) < 4.78 is 20.8. The van der Waals surface area contributed by atoms with E-state index in [2.05, 4.69) is 20.3 Å². The number of halogens is 1. The van der Waals surface area contributed by atoms with Gasteiger partial charge in [-0.15, -0.1) is 0 Å². The van der Waals surface area contributed by atoms with E-state index in [4.69, 9.17) is 4.74 Å². The molecule has 4 rings (SSSR count). The van der Waals surface area contributed by atoms with Crippen molar-refractivity contribution >= 4 is 22.7 Å². The second-order valence-corrected chi connectivity index (χ2v) is 5.50. The number of aromatic nitrogens is 4. The lowest BCUT2D eigenvalue weighted by molar-refractivity contribution is -0.0298. The fraction of sp³-hybridized carbons (Fsp3) is 0.312. The van der Waals surface area contributed by atoms with Gasteiger partial charge in [0, 0.05) is 12.3 Å². The second-order valence-electron chi connectivity index (χ2n) is 5.50. The van der Waals surface area contributed by atoms with Crippen molar-refractivity contribution in [3.63, 3.8) is 0 Å². The van der Waals surface area contributed by atoms with Crippen molar-refractivity contribution in [1.29, 1.82) is 0 Å². The zero-order valence-corrected chi connectivity index (χ0v) is 12.4. The van der Waals surface area contributed by atoms with E-state index in [1.54, 1.807) is 18.5 Å². The van der Waals surface area contributed by atoms with Crippen LogP contribution in [0.25, 0.3) is 11.2 Å². The Balaban J connectivity index is 1.68. The number of nitrogens with one attached hydrogen (secondary N) is 1. The van der Waals surface area contributed by atoms with Crippen LogP contribution in [-0.2, 0) is 4.74 Å². The summed E-state index contributed by atoms with van der Waals surface area (Å²) in [6.45, 7) is 0.760. The predicted molar refractivity (Wildman–Crippen MR) is 83.8 cm³/mol. The summed E-state index contributed by atoms with van der Waals surface area (Å²) >= 11 is 0. The van der Waals surface area contributed by atoms with Crippen molar-refractivity contribution in [2.45, 2.75) is 25.5 Å². The van der Waals surface area contributed by atoms with Gasteiger partial charge < -0.3 is 10.1 Å². The van der Waals surface area contributed by atoms with Crippen LogP contribution < -0.4 is 5.32 Å². The maximum atomic E-state index is 13.0. The molecule has 118 valence electrons. The first-order chi connectivity index (χ1) is 11.3. The molecule has 1 aromatic carbocycles. The normalized spacial score (nSPS) is 18.2. The first kappa shape index (κ1) is 14.1. The van der Waals surface area contributed by atoms with Crippen LogP contribution in [0, 0.1) is 5.82 Å². The monoisotopic (exact) mass is 313 g/mol. The predicted octanol–water partition coefficient (Wildman–Crippen LogP) is 3.41. The molecule has 3 heterocycles. The molecule has 6 nitrogen and oxygen atoms in total. The molecular weight excluding hydrogens is 297 g/mol. The molecule has 0 amide bonds. The number of fused-ring (bicyclic) bond motifs is 1. The summed E-state index contributed by atoms with van der Waals surface area (Å²) in [6, 6.07) is 6.11. The molecule has 1 unspecified atom stereocenters. The Morgan fingerprint density at radius 1 is 1.13 bits per heavy atom. The Kier molecular flexibility index (Phi) is 3.63. The maximum Gasteiger partial charge on any atom is 0.167 e. The molecule has 1 aliphatic heterocycles. The highest BCUT2D eigenvalue weighted by Crippen LogP contribution is 2.28. The lowest BCUT2D eigenvalue weighted by atomic mass is 10.2. The molecular formula is C16H16FN5O. The second kappa shape index (κ2) is 5.92. The highest BCUT2D eigenvalue weighted by Gasteiger charge is 2.20. The number of imidazole rings is 1. The summed E-state index contributed by atoms with van der Waals surface area (Å²) in [7, 11) is 0. The molecule has 0 radical (unpaired) electrons. The summed E-state index contributed by atoms with van der Waals surface area (Å²) in [5.74, 6) is 0.318. The van der Waals surface area contributed by atoms with Crippen molar-refractivity contribution < 1.29 is 9.13 Å².